The number of carbonyl (C=O) groups is 1. The topological polar surface area (TPSA) is 38.3 Å². The lowest BCUT2D eigenvalue weighted by molar-refractivity contribution is 0.104. The molecule has 0 spiro atoms. The smallest absolute Gasteiger partial charge is 0.187 e. The van der Waals surface area contributed by atoms with E-state index < -0.39 is 0 Å². The molecule has 1 N–H and O–H groups in total. The third kappa shape index (κ3) is 3.76. The third-order valence-corrected chi connectivity index (χ3v) is 3.49. The number of methoxy groups -OCH3 is 1. The quantitative estimate of drug-likeness (QED) is 0.655. The molecular formula is C19H21NO2. The molecule has 0 fully saturated rings. The monoisotopic (exact) mass is 295 g/mol. The summed E-state index contributed by atoms with van der Waals surface area (Å²) in [7, 11) is 1.63. The Hall–Kier alpha value is -2.55. The van der Waals surface area contributed by atoms with E-state index in [2.05, 4.69) is 5.32 Å². The van der Waals surface area contributed by atoms with Crippen LogP contribution in [0.15, 0.2) is 48.7 Å². The van der Waals surface area contributed by atoms with E-state index in [1.807, 2.05) is 57.2 Å². The summed E-state index contributed by atoms with van der Waals surface area (Å²) in [5, 5.41) is 3.11. The van der Waals surface area contributed by atoms with Crippen LogP contribution in [0, 0.1) is 20.8 Å². The van der Waals surface area contributed by atoms with Gasteiger partial charge in [0.2, 0.25) is 0 Å². The van der Waals surface area contributed by atoms with Crippen molar-refractivity contribution in [1.29, 1.82) is 0 Å². The fraction of sp³-hybridized carbons (Fsp3) is 0.211. The van der Waals surface area contributed by atoms with E-state index in [0.717, 1.165) is 33.7 Å². The normalized spacial score (nSPS) is 10.7. The van der Waals surface area contributed by atoms with Crippen molar-refractivity contribution >= 4 is 11.5 Å². The molecule has 3 heteroatoms. The molecular weight excluding hydrogens is 274 g/mol. The van der Waals surface area contributed by atoms with E-state index in [0.29, 0.717) is 0 Å². The van der Waals surface area contributed by atoms with Crippen LogP contribution < -0.4 is 10.1 Å². The molecule has 22 heavy (non-hydrogen) atoms. The number of anilines is 1. The van der Waals surface area contributed by atoms with E-state index in [1.54, 1.807) is 19.4 Å². The first kappa shape index (κ1) is 15.8. The number of nitrogens with one attached hydrogen (secondary N) is 1. The highest BCUT2D eigenvalue weighted by molar-refractivity contribution is 6.05. The highest BCUT2D eigenvalue weighted by atomic mass is 16.5. The van der Waals surface area contributed by atoms with E-state index in [4.69, 9.17) is 4.74 Å². The predicted octanol–water partition coefficient (Wildman–Crippen LogP) is 4.43. The second kappa shape index (κ2) is 6.94. The van der Waals surface area contributed by atoms with Gasteiger partial charge in [-0.15, -0.1) is 0 Å². The number of hydrogen-bond acceptors (Lipinski definition) is 3. The summed E-state index contributed by atoms with van der Waals surface area (Å²) < 4.78 is 5.30. The second-order valence-corrected chi connectivity index (χ2v) is 5.36. The molecule has 0 bridgehead atoms. The van der Waals surface area contributed by atoms with E-state index in [9.17, 15) is 4.79 Å². The zero-order valence-electron chi connectivity index (χ0n) is 13.4. The van der Waals surface area contributed by atoms with Crippen molar-refractivity contribution in [2.75, 3.05) is 12.4 Å². The fourth-order valence-electron chi connectivity index (χ4n) is 2.23. The fourth-order valence-corrected chi connectivity index (χ4v) is 2.23. The minimum atomic E-state index is -0.0136. The molecule has 0 aliphatic rings. The van der Waals surface area contributed by atoms with Gasteiger partial charge in [-0.1, -0.05) is 23.8 Å². The Morgan fingerprint density at radius 3 is 2.45 bits per heavy atom. The lowest BCUT2D eigenvalue weighted by Crippen LogP contribution is -2.00. The van der Waals surface area contributed by atoms with Crippen LogP contribution in [0.25, 0.3) is 0 Å². The van der Waals surface area contributed by atoms with Crippen molar-refractivity contribution in [3.63, 3.8) is 0 Å². The number of ether oxygens (including phenoxy) is 1. The van der Waals surface area contributed by atoms with Crippen LogP contribution in [-0.4, -0.2) is 12.9 Å². The van der Waals surface area contributed by atoms with Crippen molar-refractivity contribution in [1.82, 2.24) is 0 Å². The number of carbonyl (C=O) groups excluding carboxylic acids is 1. The molecule has 0 amide bonds. The van der Waals surface area contributed by atoms with Crippen molar-refractivity contribution < 1.29 is 9.53 Å². The van der Waals surface area contributed by atoms with E-state index in [1.165, 1.54) is 0 Å². The summed E-state index contributed by atoms with van der Waals surface area (Å²) in [6.45, 7) is 5.93. The van der Waals surface area contributed by atoms with Crippen molar-refractivity contribution in [2.45, 2.75) is 20.8 Å². The Morgan fingerprint density at radius 2 is 1.73 bits per heavy atom. The Labute approximate surface area is 131 Å². The van der Waals surface area contributed by atoms with Crippen molar-refractivity contribution in [3.05, 3.63) is 70.9 Å². The molecule has 3 nitrogen and oxygen atoms in total. The molecule has 2 aromatic carbocycles. The average molecular weight is 295 g/mol. The van der Waals surface area contributed by atoms with Crippen molar-refractivity contribution in [3.8, 4) is 5.75 Å². The van der Waals surface area contributed by atoms with Gasteiger partial charge in [-0.3, -0.25) is 4.79 Å². The van der Waals surface area contributed by atoms with Crippen LogP contribution in [0.2, 0.25) is 0 Å². The van der Waals surface area contributed by atoms with Gasteiger partial charge in [-0.2, -0.15) is 0 Å². The first-order chi connectivity index (χ1) is 10.5. The predicted molar refractivity (Wildman–Crippen MR) is 90.7 cm³/mol. The Morgan fingerprint density at radius 1 is 1.05 bits per heavy atom. The molecule has 0 saturated carbocycles. The van der Waals surface area contributed by atoms with Crippen LogP contribution in [0.4, 0.5) is 5.69 Å². The van der Waals surface area contributed by atoms with Crippen LogP contribution in [0.5, 0.6) is 5.75 Å². The van der Waals surface area contributed by atoms with Gasteiger partial charge in [0.15, 0.2) is 5.78 Å². The Balaban J connectivity index is 2.14. The summed E-state index contributed by atoms with van der Waals surface area (Å²) in [4.78, 5) is 12.3. The molecule has 0 radical (unpaired) electrons. The van der Waals surface area contributed by atoms with Crippen molar-refractivity contribution in [2.24, 2.45) is 0 Å². The highest BCUT2D eigenvalue weighted by Gasteiger charge is 2.06. The highest BCUT2D eigenvalue weighted by Crippen LogP contribution is 2.25. The largest absolute Gasteiger partial charge is 0.495 e. The minimum Gasteiger partial charge on any atom is -0.495 e. The van der Waals surface area contributed by atoms with Gasteiger partial charge < -0.3 is 10.1 Å². The number of aryl methyl sites for hydroxylation is 3. The average Bonchev–Trinajstić information content (AvgIpc) is 2.50. The van der Waals surface area contributed by atoms with Gasteiger partial charge in [0.1, 0.15) is 5.75 Å². The second-order valence-electron chi connectivity index (χ2n) is 5.36. The molecule has 0 saturated heterocycles. The molecule has 0 heterocycles. The van der Waals surface area contributed by atoms with E-state index in [-0.39, 0.29) is 5.78 Å². The lowest BCUT2D eigenvalue weighted by atomic mass is 10.0. The minimum absolute atomic E-state index is 0.0136. The third-order valence-electron chi connectivity index (χ3n) is 3.49. The van der Waals surface area contributed by atoms with Crippen LogP contribution >= 0.6 is 0 Å². The Bertz CT molecular complexity index is 717. The van der Waals surface area contributed by atoms with Gasteiger partial charge in [-0.05, 0) is 50.1 Å². The summed E-state index contributed by atoms with van der Waals surface area (Å²) in [5.41, 5.74) is 4.75. The SMILES string of the molecule is COc1ccc(C)cc1N/C=C/C(=O)c1cc(C)ccc1C. The molecule has 2 rings (SSSR count). The lowest BCUT2D eigenvalue weighted by Gasteiger charge is -2.09. The Kier molecular flexibility index (Phi) is 4.99. The maximum Gasteiger partial charge on any atom is 0.187 e. The number of allylic oxidation sites excluding steroid dienone is 1. The maximum atomic E-state index is 12.3. The van der Waals surface area contributed by atoms with Gasteiger partial charge in [0.25, 0.3) is 0 Å². The van der Waals surface area contributed by atoms with Gasteiger partial charge in [0.05, 0.1) is 12.8 Å². The first-order valence-corrected chi connectivity index (χ1v) is 7.20. The summed E-state index contributed by atoms with van der Waals surface area (Å²) in [6, 6.07) is 11.7. The first-order valence-electron chi connectivity index (χ1n) is 7.20. The molecule has 2 aromatic rings. The summed E-state index contributed by atoms with van der Waals surface area (Å²) in [6.07, 6.45) is 3.20. The zero-order valence-corrected chi connectivity index (χ0v) is 13.4. The van der Waals surface area contributed by atoms with Gasteiger partial charge in [0, 0.05) is 17.8 Å². The molecule has 0 unspecified atom stereocenters. The van der Waals surface area contributed by atoms with Crippen LogP contribution in [-0.2, 0) is 0 Å². The summed E-state index contributed by atoms with van der Waals surface area (Å²) >= 11 is 0. The number of benzene rings is 2. The van der Waals surface area contributed by atoms with E-state index >= 15 is 0 Å². The molecule has 114 valence electrons. The molecule has 0 aromatic heterocycles. The zero-order chi connectivity index (χ0) is 16.1. The van der Waals surface area contributed by atoms with Crippen LogP contribution in [0.1, 0.15) is 27.0 Å². The maximum absolute atomic E-state index is 12.3. The molecule has 0 aliphatic carbocycles. The number of hydrogen-bond donors (Lipinski definition) is 1. The summed E-state index contributed by atoms with van der Waals surface area (Å²) in [5.74, 6) is 0.731. The number of rotatable bonds is 5. The number of ketones is 1. The van der Waals surface area contributed by atoms with Gasteiger partial charge in [-0.25, -0.2) is 0 Å². The standard InChI is InChI=1S/C19H21NO2/c1-13-5-7-15(3)16(11-13)18(21)9-10-20-17-12-14(2)6-8-19(17)22-4/h5-12,20H,1-4H3/b10-9+. The molecule has 0 atom stereocenters. The van der Waals surface area contributed by atoms with Crippen LogP contribution in [0.3, 0.4) is 0 Å². The molecule has 0 aliphatic heterocycles. The van der Waals surface area contributed by atoms with Gasteiger partial charge >= 0.3 is 0 Å².